The number of nitrogens with zero attached hydrogens (tertiary/aromatic N) is 3. The molecule has 0 atom stereocenters. The van der Waals surface area contributed by atoms with Crippen molar-refractivity contribution >= 4 is 38.7 Å². The first-order chi connectivity index (χ1) is 18.5. The minimum atomic E-state index is -4.42. The molecule has 0 radical (unpaired) electrons. The number of rotatable bonds is 9. The zero-order valence-electron chi connectivity index (χ0n) is 21.8. The molecule has 0 bridgehead atoms. The van der Waals surface area contributed by atoms with Gasteiger partial charge < -0.3 is 16.0 Å². The monoisotopic (exact) mass is 552 g/mol. The van der Waals surface area contributed by atoms with Gasteiger partial charge in [-0.15, -0.1) is 0 Å². The van der Waals surface area contributed by atoms with E-state index in [4.69, 9.17) is 5.73 Å². The molecule has 12 heteroatoms. The highest BCUT2D eigenvalue weighted by molar-refractivity contribution is 7.90. The number of sulfonamides is 1. The zero-order valence-corrected chi connectivity index (χ0v) is 22.6. The number of nitrogen functional groups attached to an aromatic ring is 1. The molecule has 0 unspecified atom stereocenters. The van der Waals surface area contributed by atoms with Crippen LogP contribution in [0.2, 0.25) is 0 Å². The summed E-state index contributed by atoms with van der Waals surface area (Å²) in [5.74, 6) is -0.856. The molecular formula is C27H32N6O5S. The van der Waals surface area contributed by atoms with Crippen molar-refractivity contribution in [3.63, 3.8) is 0 Å². The molecule has 4 N–H and O–H groups in total. The van der Waals surface area contributed by atoms with Gasteiger partial charge in [-0.2, -0.15) is 0 Å². The Morgan fingerprint density at radius 3 is 2.31 bits per heavy atom. The quantitative estimate of drug-likeness (QED) is 0.206. The largest absolute Gasteiger partial charge is 0.392 e. The minimum Gasteiger partial charge on any atom is -0.392 e. The van der Waals surface area contributed by atoms with Crippen molar-refractivity contribution in [3.8, 4) is 0 Å². The van der Waals surface area contributed by atoms with Gasteiger partial charge in [0.15, 0.2) is 0 Å². The van der Waals surface area contributed by atoms with Gasteiger partial charge in [-0.3, -0.25) is 19.8 Å². The fraction of sp³-hybridized carbons (Fsp3) is 0.296. The second kappa shape index (κ2) is 11.7. The number of carbonyl (C=O) groups is 1. The van der Waals surface area contributed by atoms with Gasteiger partial charge in [-0.25, -0.2) is 13.1 Å². The lowest BCUT2D eigenvalue weighted by molar-refractivity contribution is -0.384. The van der Waals surface area contributed by atoms with E-state index in [2.05, 4.69) is 47.2 Å². The Labute approximate surface area is 227 Å². The Hall–Kier alpha value is -4.16. The van der Waals surface area contributed by atoms with Crippen molar-refractivity contribution in [3.05, 3.63) is 88.0 Å². The molecule has 39 heavy (non-hydrogen) atoms. The van der Waals surface area contributed by atoms with Gasteiger partial charge in [-0.1, -0.05) is 24.3 Å². The van der Waals surface area contributed by atoms with Gasteiger partial charge in [0.1, 0.15) is 10.6 Å². The highest BCUT2D eigenvalue weighted by Crippen LogP contribution is 2.28. The third-order valence-corrected chi connectivity index (χ3v) is 7.87. The van der Waals surface area contributed by atoms with Crippen LogP contribution in [0.3, 0.4) is 0 Å². The van der Waals surface area contributed by atoms with Crippen LogP contribution < -0.4 is 20.7 Å². The zero-order chi connectivity index (χ0) is 28.2. The molecule has 4 rings (SSSR count). The molecule has 0 spiro atoms. The van der Waals surface area contributed by atoms with Gasteiger partial charge in [-0.05, 0) is 55.8 Å². The van der Waals surface area contributed by atoms with E-state index in [0.29, 0.717) is 6.04 Å². The van der Waals surface area contributed by atoms with Crippen molar-refractivity contribution in [2.75, 3.05) is 42.1 Å². The maximum Gasteiger partial charge on any atom is 0.293 e. The van der Waals surface area contributed by atoms with E-state index in [9.17, 15) is 23.3 Å². The molecule has 1 fully saturated rings. The summed E-state index contributed by atoms with van der Waals surface area (Å²) in [7, 11) is -4.42. The number of anilines is 3. The fourth-order valence-corrected chi connectivity index (χ4v) is 5.62. The van der Waals surface area contributed by atoms with Crippen LogP contribution in [0, 0.1) is 10.1 Å². The third kappa shape index (κ3) is 6.65. The van der Waals surface area contributed by atoms with Crippen LogP contribution in [0.15, 0.2) is 71.6 Å². The van der Waals surface area contributed by atoms with E-state index in [1.165, 1.54) is 11.6 Å². The number of hydrogen-bond donors (Lipinski definition) is 3. The topological polar surface area (TPSA) is 151 Å². The molecule has 1 aliphatic heterocycles. The summed E-state index contributed by atoms with van der Waals surface area (Å²) in [6, 6.07) is 18.8. The van der Waals surface area contributed by atoms with Gasteiger partial charge >= 0.3 is 0 Å². The van der Waals surface area contributed by atoms with Gasteiger partial charge in [0.05, 0.1) is 4.92 Å². The van der Waals surface area contributed by atoms with Crippen molar-refractivity contribution in [2.24, 2.45) is 0 Å². The van der Waals surface area contributed by atoms with Crippen LogP contribution in [0.25, 0.3) is 0 Å². The molecule has 3 aromatic carbocycles. The molecule has 1 aliphatic rings. The van der Waals surface area contributed by atoms with E-state index in [1.807, 2.05) is 10.8 Å². The predicted molar refractivity (Wildman–Crippen MR) is 151 cm³/mol. The first-order valence-electron chi connectivity index (χ1n) is 12.6. The summed E-state index contributed by atoms with van der Waals surface area (Å²) in [5, 5.41) is 14.6. The van der Waals surface area contributed by atoms with Crippen LogP contribution in [-0.4, -0.2) is 56.4 Å². The molecule has 206 valence electrons. The molecule has 11 nitrogen and oxygen atoms in total. The smallest absolute Gasteiger partial charge is 0.293 e. The Kier molecular flexibility index (Phi) is 8.36. The lowest BCUT2D eigenvalue weighted by atomic mass is 10.1. The first-order valence-corrected chi connectivity index (χ1v) is 14.1. The third-order valence-electron chi connectivity index (χ3n) is 6.48. The predicted octanol–water partition coefficient (Wildman–Crippen LogP) is 3.44. The van der Waals surface area contributed by atoms with E-state index in [0.717, 1.165) is 56.2 Å². The van der Waals surface area contributed by atoms with Crippen molar-refractivity contribution in [2.45, 2.75) is 31.3 Å². The Morgan fingerprint density at radius 1 is 1.00 bits per heavy atom. The summed E-state index contributed by atoms with van der Waals surface area (Å²) in [4.78, 5) is 27.1. The number of benzene rings is 3. The van der Waals surface area contributed by atoms with Crippen molar-refractivity contribution in [1.82, 2.24) is 9.62 Å². The van der Waals surface area contributed by atoms with Crippen LogP contribution in [0.4, 0.5) is 22.7 Å². The van der Waals surface area contributed by atoms with Crippen LogP contribution in [-0.2, 0) is 16.6 Å². The van der Waals surface area contributed by atoms with Crippen LogP contribution in [0.5, 0.6) is 0 Å². The van der Waals surface area contributed by atoms with Gasteiger partial charge in [0.25, 0.3) is 21.6 Å². The fourth-order valence-electron chi connectivity index (χ4n) is 4.50. The van der Waals surface area contributed by atoms with Crippen molar-refractivity contribution < 1.29 is 18.1 Å². The first kappa shape index (κ1) is 27.9. The summed E-state index contributed by atoms with van der Waals surface area (Å²) in [6.07, 6.45) is 0. The van der Waals surface area contributed by atoms with Gasteiger partial charge in [0, 0.05) is 61.8 Å². The molecule has 3 aromatic rings. The van der Waals surface area contributed by atoms with E-state index >= 15 is 0 Å². The van der Waals surface area contributed by atoms with E-state index in [1.54, 1.807) is 24.3 Å². The standard InChI is InChI=1S/C27H32N6O5S/c1-19(2)29-23-7-4-3-6-21(23)18-31-14-16-32(17-15-31)22-12-10-20(11-13-22)27(34)30-39(37,38)25-9-5-8-24(26(25)28)33(35)36/h3-13,19,29H,14-18,28H2,1-2H3,(H,30,34). The summed E-state index contributed by atoms with van der Waals surface area (Å²) < 4.78 is 27.4. The Balaban J connectivity index is 1.36. The molecule has 0 aromatic heterocycles. The SMILES string of the molecule is CC(C)Nc1ccccc1CN1CCN(c2ccc(C(=O)NS(=O)(=O)c3cccc([N+](=O)[O-])c3N)cc2)CC1. The molecule has 1 saturated heterocycles. The summed E-state index contributed by atoms with van der Waals surface area (Å²) >= 11 is 0. The van der Waals surface area contributed by atoms with E-state index in [-0.39, 0.29) is 5.56 Å². The highest BCUT2D eigenvalue weighted by Gasteiger charge is 2.26. The number of nitro benzene ring substituents is 1. The van der Waals surface area contributed by atoms with Crippen LogP contribution >= 0.6 is 0 Å². The lowest BCUT2D eigenvalue weighted by Gasteiger charge is -2.36. The molecule has 1 heterocycles. The number of carbonyl (C=O) groups excluding carboxylic acids is 1. The summed E-state index contributed by atoms with van der Waals surface area (Å²) in [5.41, 5.74) is 8.08. The number of nitrogens with one attached hydrogen (secondary N) is 2. The number of piperazine rings is 1. The van der Waals surface area contributed by atoms with E-state index < -0.39 is 37.1 Å². The van der Waals surface area contributed by atoms with Crippen LogP contribution in [0.1, 0.15) is 29.8 Å². The molecule has 0 aliphatic carbocycles. The maximum atomic E-state index is 12.7. The van der Waals surface area contributed by atoms with Gasteiger partial charge in [0.2, 0.25) is 0 Å². The number of nitro groups is 1. The maximum absolute atomic E-state index is 12.7. The second-order valence-corrected chi connectivity index (χ2v) is 11.3. The van der Waals surface area contributed by atoms with Crippen molar-refractivity contribution in [1.29, 1.82) is 0 Å². The average molecular weight is 553 g/mol. The number of hydrogen-bond acceptors (Lipinski definition) is 9. The number of para-hydroxylation sites is 2. The average Bonchev–Trinajstić information content (AvgIpc) is 2.89. The normalized spacial score (nSPS) is 14.3. The Bertz CT molecular complexity index is 1450. The molecule has 1 amide bonds. The molecule has 0 saturated carbocycles. The summed E-state index contributed by atoms with van der Waals surface area (Å²) in [6.45, 7) is 8.47. The number of amides is 1. The minimum absolute atomic E-state index is 0.138. The lowest BCUT2D eigenvalue weighted by Crippen LogP contribution is -2.46. The Morgan fingerprint density at radius 2 is 1.67 bits per heavy atom. The number of nitrogens with two attached hydrogens (primary N) is 1. The molecular weight excluding hydrogens is 520 g/mol. The second-order valence-electron chi connectivity index (χ2n) is 9.65. The highest BCUT2D eigenvalue weighted by atomic mass is 32.2.